The highest BCUT2D eigenvalue weighted by Gasteiger charge is 2.06. The first-order valence-electron chi connectivity index (χ1n) is 4.60. The van der Waals surface area contributed by atoms with Crippen molar-refractivity contribution in [2.24, 2.45) is 0 Å². The van der Waals surface area contributed by atoms with Crippen molar-refractivity contribution < 1.29 is 0 Å². The number of hydrogen-bond donors (Lipinski definition) is 1. The lowest BCUT2D eigenvalue weighted by molar-refractivity contribution is 0.878. The molecule has 0 amide bonds. The number of rotatable bonds is 1. The van der Waals surface area contributed by atoms with Gasteiger partial charge < -0.3 is 5.73 Å². The summed E-state index contributed by atoms with van der Waals surface area (Å²) in [5.74, 6) is 0.508. The molecule has 3 rings (SSSR count). The van der Waals surface area contributed by atoms with Crippen LogP contribution in [0.5, 0.6) is 0 Å². The number of fused-ring (bicyclic) bond motifs is 1. The molecular formula is C10H7IN4S. The molecule has 2 heterocycles. The summed E-state index contributed by atoms with van der Waals surface area (Å²) in [4.78, 5) is 4.50. The van der Waals surface area contributed by atoms with Gasteiger partial charge in [0.1, 0.15) is 5.82 Å². The van der Waals surface area contributed by atoms with Gasteiger partial charge in [-0.15, -0.1) is 5.10 Å². The number of nitrogens with zero attached hydrogens (tertiary/aromatic N) is 3. The summed E-state index contributed by atoms with van der Waals surface area (Å²) < 4.78 is 4.07. The van der Waals surface area contributed by atoms with E-state index in [1.807, 2.05) is 18.3 Å². The third-order valence-corrected chi connectivity index (χ3v) is 3.82. The molecule has 2 N–H and O–H groups in total. The van der Waals surface area contributed by atoms with Crippen molar-refractivity contribution in [2.75, 3.05) is 5.73 Å². The Bertz CT molecular complexity index is 658. The molecule has 0 atom stereocenters. The minimum atomic E-state index is 0.508. The second kappa shape index (κ2) is 3.70. The van der Waals surface area contributed by atoms with E-state index in [9.17, 15) is 0 Å². The first-order valence-corrected chi connectivity index (χ1v) is 6.49. The summed E-state index contributed by atoms with van der Waals surface area (Å²) in [6.45, 7) is 0. The van der Waals surface area contributed by atoms with Gasteiger partial charge in [0, 0.05) is 15.8 Å². The maximum Gasteiger partial charge on any atom is 0.211 e. The highest BCUT2D eigenvalue weighted by molar-refractivity contribution is 14.1. The molecule has 0 saturated heterocycles. The molecule has 0 fully saturated rings. The van der Waals surface area contributed by atoms with Crippen molar-refractivity contribution in [3.63, 3.8) is 0 Å². The summed E-state index contributed by atoms with van der Waals surface area (Å²) in [6.07, 6.45) is 1.82. The number of anilines is 1. The summed E-state index contributed by atoms with van der Waals surface area (Å²) >= 11 is 3.90. The highest BCUT2D eigenvalue weighted by atomic mass is 127. The van der Waals surface area contributed by atoms with Gasteiger partial charge in [0.25, 0.3) is 0 Å². The fraction of sp³-hybridized carbons (Fsp3) is 0. The second-order valence-corrected chi connectivity index (χ2v) is 5.55. The predicted molar refractivity (Wildman–Crippen MR) is 73.9 cm³/mol. The van der Waals surface area contributed by atoms with Gasteiger partial charge in [-0.1, -0.05) is 11.3 Å². The maximum absolute atomic E-state index is 5.58. The second-order valence-electron chi connectivity index (χ2n) is 3.29. The number of nitrogen functional groups attached to an aromatic ring is 1. The summed E-state index contributed by atoms with van der Waals surface area (Å²) in [7, 11) is 0. The van der Waals surface area contributed by atoms with Crippen molar-refractivity contribution in [1.82, 2.24) is 14.8 Å². The molecular weight excluding hydrogens is 335 g/mol. The minimum Gasteiger partial charge on any atom is -0.382 e. The Balaban J connectivity index is 2.18. The van der Waals surface area contributed by atoms with Crippen LogP contribution in [-0.2, 0) is 0 Å². The van der Waals surface area contributed by atoms with Crippen molar-refractivity contribution in [3.8, 4) is 5.13 Å². The van der Waals surface area contributed by atoms with Gasteiger partial charge in [0.15, 0.2) is 0 Å². The molecule has 4 nitrogen and oxygen atoms in total. The third kappa shape index (κ3) is 1.67. The number of hydrogen-bond acceptors (Lipinski definition) is 4. The molecule has 0 spiro atoms. The molecule has 0 aliphatic heterocycles. The van der Waals surface area contributed by atoms with Gasteiger partial charge in [0.2, 0.25) is 5.13 Å². The average molecular weight is 342 g/mol. The maximum atomic E-state index is 5.58. The van der Waals surface area contributed by atoms with E-state index in [0.29, 0.717) is 5.82 Å². The molecule has 0 aliphatic carbocycles. The Morgan fingerprint density at radius 1 is 1.31 bits per heavy atom. The molecule has 0 radical (unpaired) electrons. The Morgan fingerprint density at radius 3 is 2.94 bits per heavy atom. The SMILES string of the molecule is Nc1ccn(-c2nc3ccc(I)cc3s2)n1. The van der Waals surface area contributed by atoms with Gasteiger partial charge >= 0.3 is 0 Å². The number of thiazole rings is 1. The topological polar surface area (TPSA) is 56.7 Å². The minimum absolute atomic E-state index is 0.508. The van der Waals surface area contributed by atoms with Crippen LogP contribution in [0.15, 0.2) is 30.5 Å². The lowest BCUT2D eigenvalue weighted by atomic mass is 10.3. The molecule has 2 aromatic heterocycles. The highest BCUT2D eigenvalue weighted by Crippen LogP contribution is 2.26. The van der Waals surface area contributed by atoms with Crippen molar-refractivity contribution in [3.05, 3.63) is 34.0 Å². The largest absolute Gasteiger partial charge is 0.382 e. The first kappa shape index (κ1) is 10.0. The molecule has 0 unspecified atom stereocenters. The first-order chi connectivity index (χ1) is 7.72. The molecule has 0 bridgehead atoms. The van der Waals surface area contributed by atoms with Crippen LogP contribution < -0.4 is 5.73 Å². The van der Waals surface area contributed by atoms with Gasteiger partial charge in [-0.05, 0) is 40.8 Å². The van der Waals surface area contributed by atoms with Crippen molar-refractivity contribution in [2.45, 2.75) is 0 Å². The molecule has 80 valence electrons. The predicted octanol–water partition coefficient (Wildman–Crippen LogP) is 2.67. The fourth-order valence-corrected chi connectivity index (χ4v) is 3.07. The van der Waals surface area contributed by atoms with E-state index in [2.05, 4.69) is 38.7 Å². The standard InChI is InChI=1S/C10H7IN4S/c11-6-1-2-7-8(5-6)16-10(13-7)15-4-3-9(12)14-15/h1-5H,(H2,12,14). The van der Waals surface area contributed by atoms with Crippen molar-refractivity contribution in [1.29, 1.82) is 0 Å². The van der Waals surface area contributed by atoms with Crippen LogP contribution in [0.25, 0.3) is 15.3 Å². The molecule has 6 heteroatoms. The van der Waals surface area contributed by atoms with Gasteiger partial charge in [0.05, 0.1) is 10.2 Å². The smallest absolute Gasteiger partial charge is 0.211 e. The van der Waals surface area contributed by atoms with Crippen LogP contribution >= 0.6 is 33.9 Å². The number of benzene rings is 1. The van der Waals surface area contributed by atoms with Crippen LogP contribution in [0.4, 0.5) is 5.82 Å². The molecule has 0 saturated carbocycles. The number of aromatic nitrogens is 3. The fourth-order valence-electron chi connectivity index (χ4n) is 1.43. The van der Waals surface area contributed by atoms with Crippen LogP contribution in [0.3, 0.4) is 0 Å². The van der Waals surface area contributed by atoms with E-state index in [-0.39, 0.29) is 0 Å². The van der Waals surface area contributed by atoms with Gasteiger partial charge in [-0.25, -0.2) is 9.67 Å². The Morgan fingerprint density at radius 2 is 2.19 bits per heavy atom. The normalized spacial score (nSPS) is 11.1. The zero-order valence-corrected chi connectivity index (χ0v) is 11.1. The van der Waals surface area contributed by atoms with Gasteiger partial charge in [-0.2, -0.15) is 0 Å². The quantitative estimate of drug-likeness (QED) is 0.692. The van der Waals surface area contributed by atoms with Crippen LogP contribution in [0, 0.1) is 3.57 Å². The third-order valence-electron chi connectivity index (χ3n) is 2.14. The van der Waals surface area contributed by atoms with E-state index in [1.165, 1.54) is 3.57 Å². The zero-order valence-electron chi connectivity index (χ0n) is 8.09. The van der Waals surface area contributed by atoms with E-state index >= 15 is 0 Å². The average Bonchev–Trinajstić information content (AvgIpc) is 2.83. The van der Waals surface area contributed by atoms with E-state index in [4.69, 9.17) is 5.73 Å². The van der Waals surface area contributed by atoms with Crippen LogP contribution in [0.2, 0.25) is 0 Å². The lowest BCUT2D eigenvalue weighted by Gasteiger charge is -1.90. The van der Waals surface area contributed by atoms with E-state index in [0.717, 1.165) is 15.3 Å². The number of nitrogens with two attached hydrogens (primary N) is 1. The van der Waals surface area contributed by atoms with E-state index in [1.54, 1.807) is 22.1 Å². The lowest BCUT2D eigenvalue weighted by Crippen LogP contribution is -1.94. The van der Waals surface area contributed by atoms with Gasteiger partial charge in [-0.3, -0.25) is 0 Å². The summed E-state index contributed by atoms with van der Waals surface area (Å²) in [5, 5.41) is 4.98. The molecule has 16 heavy (non-hydrogen) atoms. The number of halogens is 1. The summed E-state index contributed by atoms with van der Waals surface area (Å²) in [6, 6.07) is 7.94. The van der Waals surface area contributed by atoms with Crippen molar-refractivity contribution >= 4 is 50.0 Å². The summed E-state index contributed by atoms with van der Waals surface area (Å²) in [5.41, 5.74) is 6.57. The van der Waals surface area contributed by atoms with E-state index < -0.39 is 0 Å². The Labute approximate surface area is 109 Å². The van der Waals surface area contributed by atoms with Crippen LogP contribution in [-0.4, -0.2) is 14.8 Å². The zero-order chi connectivity index (χ0) is 11.1. The Kier molecular flexibility index (Phi) is 2.32. The Hall–Kier alpha value is -1.15. The van der Waals surface area contributed by atoms with Crippen LogP contribution in [0.1, 0.15) is 0 Å². The monoisotopic (exact) mass is 342 g/mol. The molecule has 0 aliphatic rings. The molecule has 1 aromatic carbocycles. The molecule has 3 aromatic rings.